The van der Waals surface area contributed by atoms with Gasteiger partial charge in [0.15, 0.2) is 17.7 Å². The van der Waals surface area contributed by atoms with Crippen molar-refractivity contribution in [3.8, 4) is 0 Å². The second kappa shape index (κ2) is 13.6. The second-order valence-electron chi connectivity index (χ2n) is 10.0. The fourth-order valence-corrected chi connectivity index (χ4v) is 4.95. The van der Waals surface area contributed by atoms with Crippen LogP contribution in [0.15, 0.2) is 12.4 Å². The van der Waals surface area contributed by atoms with E-state index in [9.17, 15) is 30.0 Å². The van der Waals surface area contributed by atoms with E-state index in [2.05, 4.69) is 31.3 Å². The standard InChI is InChI=1S/C24H38N8O8/c1-3-8-25-22(37)13-10-31(29-27-13)15-6-5-7-16(19(15)34)39-24-21(36)18(20(35)17(12-33)40-24)32-11-14(28-30-32)23(38)26-9-4-2/h10-11,15-21,24,33-36H,3-9,12H2,1-2H3,(H,25,37)(H,26,38)/t15?,16-,17?,18?,19?,20+,21?,24-/m1/s1. The Bertz CT molecular complexity index is 1130. The van der Waals surface area contributed by atoms with Crippen molar-refractivity contribution in [1.82, 2.24) is 40.6 Å². The van der Waals surface area contributed by atoms with Crippen LogP contribution >= 0.6 is 0 Å². The number of aromatic nitrogens is 6. The van der Waals surface area contributed by atoms with Gasteiger partial charge in [0, 0.05) is 13.1 Å². The number of amides is 2. The minimum atomic E-state index is -1.49. The molecule has 5 unspecified atom stereocenters. The lowest BCUT2D eigenvalue weighted by Crippen LogP contribution is -2.58. The third kappa shape index (κ3) is 6.47. The van der Waals surface area contributed by atoms with Crippen molar-refractivity contribution < 1.29 is 39.5 Å². The summed E-state index contributed by atoms with van der Waals surface area (Å²) in [6, 6.07) is -1.71. The van der Waals surface area contributed by atoms with Gasteiger partial charge in [-0.3, -0.25) is 9.59 Å². The van der Waals surface area contributed by atoms with Crippen LogP contribution in [-0.4, -0.2) is 119 Å². The minimum Gasteiger partial charge on any atom is -0.394 e. The first-order chi connectivity index (χ1) is 19.3. The molecular weight excluding hydrogens is 528 g/mol. The van der Waals surface area contributed by atoms with Crippen LogP contribution in [0.1, 0.15) is 79.0 Å². The van der Waals surface area contributed by atoms with Crippen LogP contribution in [0.2, 0.25) is 0 Å². The maximum Gasteiger partial charge on any atom is 0.273 e. The zero-order valence-corrected chi connectivity index (χ0v) is 22.5. The third-order valence-corrected chi connectivity index (χ3v) is 7.12. The molecule has 1 saturated heterocycles. The summed E-state index contributed by atoms with van der Waals surface area (Å²) in [5, 5.41) is 64.1. The van der Waals surface area contributed by atoms with E-state index >= 15 is 0 Å². The number of carbonyl (C=O) groups excluding carboxylic acids is 2. The van der Waals surface area contributed by atoms with E-state index in [1.165, 1.54) is 17.1 Å². The Labute approximate surface area is 230 Å². The van der Waals surface area contributed by atoms with Crippen LogP contribution in [0.3, 0.4) is 0 Å². The van der Waals surface area contributed by atoms with E-state index in [0.29, 0.717) is 32.4 Å². The number of ether oxygens (including phenoxy) is 2. The van der Waals surface area contributed by atoms with E-state index < -0.39 is 61.4 Å². The topological polar surface area (TPSA) is 219 Å². The van der Waals surface area contributed by atoms with Crippen molar-refractivity contribution in [3.63, 3.8) is 0 Å². The van der Waals surface area contributed by atoms with Crippen molar-refractivity contribution in [2.45, 2.75) is 94.8 Å². The van der Waals surface area contributed by atoms with Crippen LogP contribution in [0.25, 0.3) is 0 Å². The van der Waals surface area contributed by atoms with E-state index in [0.717, 1.165) is 17.5 Å². The molecule has 2 aromatic rings. The molecule has 1 aliphatic heterocycles. The number of hydrogen-bond acceptors (Lipinski definition) is 12. The second-order valence-corrected chi connectivity index (χ2v) is 10.0. The number of nitrogens with zero attached hydrogens (tertiary/aromatic N) is 6. The average molecular weight is 567 g/mol. The molecule has 16 heteroatoms. The predicted octanol–water partition coefficient (Wildman–Crippen LogP) is -1.70. The van der Waals surface area contributed by atoms with Gasteiger partial charge in [-0.2, -0.15) is 0 Å². The van der Waals surface area contributed by atoms with Gasteiger partial charge < -0.3 is 40.5 Å². The van der Waals surface area contributed by atoms with Crippen molar-refractivity contribution in [1.29, 1.82) is 0 Å². The lowest BCUT2D eigenvalue weighted by molar-refractivity contribution is -0.309. The molecule has 1 aliphatic carbocycles. The summed E-state index contributed by atoms with van der Waals surface area (Å²) >= 11 is 0. The summed E-state index contributed by atoms with van der Waals surface area (Å²) in [6.45, 7) is 4.21. The Balaban J connectivity index is 1.47. The number of hydrogen-bond donors (Lipinski definition) is 6. The van der Waals surface area contributed by atoms with Crippen LogP contribution in [0.5, 0.6) is 0 Å². The van der Waals surface area contributed by atoms with Crippen molar-refractivity contribution in [2.75, 3.05) is 19.7 Å². The number of aliphatic hydroxyl groups is 4. The summed E-state index contributed by atoms with van der Waals surface area (Å²) in [6.07, 6.45) is -1.37. The van der Waals surface area contributed by atoms with E-state index in [-0.39, 0.29) is 17.3 Å². The SMILES string of the molecule is CCCNC(=O)c1cn(C2CCC[C@@H](O[C@@H]3OC(CO)[C@H](O)C(n4cc(C(=O)NCCC)nn4)C3O)C2O)nn1. The first kappa shape index (κ1) is 30.0. The molecule has 8 atom stereocenters. The van der Waals surface area contributed by atoms with Crippen LogP contribution in [0.4, 0.5) is 0 Å². The minimum absolute atomic E-state index is 0.00141. The summed E-state index contributed by atoms with van der Waals surface area (Å²) in [7, 11) is 0. The lowest BCUT2D eigenvalue weighted by atomic mass is 9.89. The van der Waals surface area contributed by atoms with Gasteiger partial charge in [-0.15, -0.1) is 10.2 Å². The Morgan fingerprint density at radius 1 is 0.950 bits per heavy atom. The largest absolute Gasteiger partial charge is 0.394 e. The van der Waals surface area contributed by atoms with Gasteiger partial charge in [0.05, 0.1) is 31.1 Å². The number of aliphatic hydroxyl groups excluding tert-OH is 4. The molecule has 2 fully saturated rings. The number of rotatable bonds is 11. The third-order valence-electron chi connectivity index (χ3n) is 7.12. The van der Waals surface area contributed by atoms with Crippen molar-refractivity contribution in [3.05, 3.63) is 23.8 Å². The lowest BCUT2D eigenvalue weighted by Gasteiger charge is -2.44. The smallest absolute Gasteiger partial charge is 0.273 e. The van der Waals surface area contributed by atoms with Gasteiger partial charge in [-0.1, -0.05) is 24.3 Å². The maximum atomic E-state index is 12.3. The zero-order valence-electron chi connectivity index (χ0n) is 22.5. The number of nitrogens with one attached hydrogen (secondary N) is 2. The van der Waals surface area contributed by atoms with Crippen LogP contribution in [-0.2, 0) is 9.47 Å². The van der Waals surface area contributed by atoms with E-state index in [1.807, 2.05) is 13.8 Å². The highest BCUT2D eigenvalue weighted by Gasteiger charge is 2.48. The van der Waals surface area contributed by atoms with Gasteiger partial charge in [0.25, 0.3) is 11.8 Å². The molecule has 0 aromatic carbocycles. The van der Waals surface area contributed by atoms with Crippen LogP contribution in [0, 0.1) is 0 Å². The summed E-state index contributed by atoms with van der Waals surface area (Å²) in [5.41, 5.74) is 0.131. The molecule has 40 heavy (non-hydrogen) atoms. The summed E-state index contributed by atoms with van der Waals surface area (Å²) in [5.74, 6) is -0.810. The van der Waals surface area contributed by atoms with Crippen molar-refractivity contribution >= 4 is 11.8 Å². The highest BCUT2D eigenvalue weighted by molar-refractivity contribution is 5.92. The van der Waals surface area contributed by atoms with E-state index in [4.69, 9.17) is 9.47 Å². The Morgan fingerprint density at radius 2 is 1.55 bits per heavy atom. The molecule has 0 spiro atoms. The summed E-state index contributed by atoms with van der Waals surface area (Å²) < 4.78 is 14.3. The van der Waals surface area contributed by atoms with Gasteiger partial charge in [-0.05, 0) is 32.1 Å². The van der Waals surface area contributed by atoms with Crippen molar-refractivity contribution in [2.24, 2.45) is 0 Å². The fraction of sp³-hybridized carbons (Fsp3) is 0.750. The van der Waals surface area contributed by atoms with Gasteiger partial charge in [-0.25, -0.2) is 9.36 Å². The molecule has 2 aliphatic rings. The Morgan fingerprint density at radius 3 is 2.15 bits per heavy atom. The zero-order chi connectivity index (χ0) is 28.8. The predicted molar refractivity (Wildman–Crippen MR) is 136 cm³/mol. The quantitative estimate of drug-likeness (QED) is 0.179. The Kier molecular flexibility index (Phi) is 10.2. The number of carbonyl (C=O) groups is 2. The molecule has 0 bridgehead atoms. The molecule has 16 nitrogen and oxygen atoms in total. The molecular formula is C24H38N8O8. The average Bonchev–Trinajstić information content (AvgIpc) is 3.64. The molecule has 2 aromatic heterocycles. The highest BCUT2D eigenvalue weighted by atomic mass is 16.7. The fourth-order valence-electron chi connectivity index (χ4n) is 4.95. The summed E-state index contributed by atoms with van der Waals surface area (Å²) in [4.78, 5) is 24.5. The molecule has 2 amide bonds. The molecule has 4 rings (SSSR count). The normalized spacial score (nSPS) is 30.6. The maximum absolute atomic E-state index is 12.3. The van der Waals surface area contributed by atoms with Gasteiger partial charge in [0.2, 0.25) is 0 Å². The molecule has 3 heterocycles. The molecule has 1 saturated carbocycles. The van der Waals surface area contributed by atoms with E-state index in [1.54, 1.807) is 0 Å². The molecule has 222 valence electrons. The monoisotopic (exact) mass is 566 g/mol. The van der Waals surface area contributed by atoms with Crippen LogP contribution < -0.4 is 10.6 Å². The molecule has 6 N–H and O–H groups in total. The van der Waals surface area contributed by atoms with Gasteiger partial charge in [0.1, 0.15) is 30.5 Å². The van der Waals surface area contributed by atoms with Gasteiger partial charge >= 0.3 is 0 Å². The molecule has 0 radical (unpaired) electrons. The Hall–Kier alpha value is -3.02. The first-order valence-corrected chi connectivity index (χ1v) is 13.6. The highest BCUT2D eigenvalue weighted by Crippen LogP contribution is 2.35. The first-order valence-electron chi connectivity index (χ1n) is 13.6.